The van der Waals surface area contributed by atoms with E-state index < -0.39 is 0 Å². The van der Waals surface area contributed by atoms with Gasteiger partial charge in [0.05, 0.1) is 0 Å². The molecule has 0 bridgehead atoms. The third-order valence-electron chi connectivity index (χ3n) is 2.44. The molecule has 0 aliphatic carbocycles. The summed E-state index contributed by atoms with van der Waals surface area (Å²) in [7, 11) is 1.92. The van der Waals surface area contributed by atoms with E-state index in [1.54, 1.807) is 0 Å². The van der Waals surface area contributed by atoms with E-state index in [2.05, 4.69) is 10.6 Å². The second-order valence-electron chi connectivity index (χ2n) is 3.77. The molecule has 1 amide bonds. The van der Waals surface area contributed by atoms with Crippen molar-refractivity contribution in [3.8, 4) is 0 Å². The number of hydrogen-bond donors (Lipinski definition) is 2. The van der Waals surface area contributed by atoms with Gasteiger partial charge in [-0.15, -0.1) is 0 Å². The van der Waals surface area contributed by atoms with E-state index in [1.165, 1.54) is 0 Å². The minimum atomic E-state index is 0.0357. The van der Waals surface area contributed by atoms with Gasteiger partial charge in [0.2, 0.25) is 0 Å². The van der Waals surface area contributed by atoms with Crippen LogP contribution in [0.4, 0.5) is 0 Å². The summed E-state index contributed by atoms with van der Waals surface area (Å²) in [4.78, 5) is 11.9. The Labute approximate surface area is 97.2 Å². The standard InChI is InChI=1S/C13H20N2O/c1-3-9-15-13(16)12-7-5-4-6-11(12)8-10-14-2/h4-7,14H,3,8-10H2,1-2H3,(H,15,16). The van der Waals surface area contributed by atoms with Crippen LogP contribution in [-0.2, 0) is 6.42 Å². The van der Waals surface area contributed by atoms with E-state index in [1.807, 2.05) is 38.2 Å². The van der Waals surface area contributed by atoms with Gasteiger partial charge >= 0.3 is 0 Å². The van der Waals surface area contributed by atoms with E-state index in [0.29, 0.717) is 0 Å². The maximum absolute atomic E-state index is 11.9. The van der Waals surface area contributed by atoms with Crippen LogP contribution in [0.3, 0.4) is 0 Å². The van der Waals surface area contributed by atoms with Crippen LogP contribution in [0.1, 0.15) is 29.3 Å². The van der Waals surface area contributed by atoms with Crippen LogP contribution in [0.15, 0.2) is 24.3 Å². The monoisotopic (exact) mass is 220 g/mol. The van der Waals surface area contributed by atoms with Crippen molar-refractivity contribution in [2.75, 3.05) is 20.1 Å². The second-order valence-corrected chi connectivity index (χ2v) is 3.77. The maximum atomic E-state index is 11.9. The first-order valence-corrected chi connectivity index (χ1v) is 5.80. The average molecular weight is 220 g/mol. The quantitative estimate of drug-likeness (QED) is 0.764. The summed E-state index contributed by atoms with van der Waals surface area (Å²) in [6.07, 6.45) is 1.84. The first kappa shape index (κ1) is 12.7. The lowest BCUT2D eigenvalue weighted by molar-refractivity contribution is 0.0952. The predicted molar refractivity (Wildman–Crippen MR) is 66.7 cm³/mol. The molecule has 0 unspecified atom stereocenters. The number of carbonyl (C=O) groups excluding carboxylic acids is 1. The van der Waals surface area contributed by atoms with Crippen molar-refractivity contribution in [2.45, 2.75) is 19.8 Å². The zero-order chi connectivity index (χ0) is 11.8. The summed E-state index contributed by atoms with van der Waals surface area (Å²) < 4.78 is 0. The SMILES string of the molecule is CCCNC(=O)c1ccccc1CCNC. The summed E-state index contributed by atoms with van der Waals surface area (Å²) >= 11 is 0. The highest BCUT2D eigenvalue weighted by Crippen LogP contribution is 2.09. The predicted octanol–water partition coefficient (Wildman–Crippen LogP) is 1.59. The van der Waals surface area contributed by atoms with Crippen molar-refractivity contribution in [1.29, 1.82) is 0 Å². The maximum Gasteiger partial charge on any atom is 0.251 e. The van der Waals surface area contributed by atoms with Crippen molar-refractivity contribution in [2.24, 2.45) is 0 Å². The zero-order valence-corrected chi connectivity index (χ0v) is 10.0. The van der Waals surface area contributed by atoms with E-state index in [9.17, 15) is 4.79 Å². The summed E-state index contributed by atoms with van der Waals surface area (Å²) in [6, 6.07) is 7.78. The minimum Gasteiger partial charge on any atom is -0.352 e. The Morgan fingerprint density at radius 3 is 2.69 bits per heavy atom. The number of amides is 1. The van der Waals surface area contributed by atoms with E-state index in [0.717, 1.165) is 37.1 Å². The number of nitrogens with one attached hydrogen (secondary N) is 2. The average Bonchev–Trinajstić information content (AvgIpc) is 2.33. The van der Waals surface area contributed by atoms with Crippen molar-refractivity contribution in [1.82, 2.24) is 10.6 Å². The first-order valence-electron chi connectivity index (χ1n) is 5.80. The highest BCUT2D eigenvalue weighted by atomic mass is 16.1. The van der Waals surface area contributed by atoms with Crippen LogP contribution in [0, 0.1) is 0 Å². The van der Waals surface area contributed by atoms with E-state index >= 15 is 0 Å². The molecule has 1 rings (SSSR count). The largest absolute Gasteiger partial charge is 0.352 e. The molecule has 0 atom stereocenters. The molecule has 0 radical (unpaired) electrons. The summed E-state index contributed by atoms with van der Waals surface area (Å²) in [6.45, 7) is 3.67. The van der Waals surface area contributed by atoms with Crippen molar-refractivity contribution < 1.29 is 4.79 Å². The molecule has 0 aliphatic rings. The molecule has 3 heteroatoms. The second kappa shape index (κ2) is 7.01. The molecule has 1 aromatic rings. The molecule has 3 nitrogen and oxygen atoms in total. The Hall–Kier alpha value is -1.35. The third-order valence-corrected chi connectivity index (χ3v) is 2.44. The Bertz CT molecular complexity index is 336. The molecule has 0 aliphatic heterocycles. The molecule has 0 spiro atoms. The molecule has 0 saturated heterocycles. The van der Waals surface area contributed by atoms with Gasteiger partial charge in [0, 0.05) is 12.1 Å². The van der Waals surface area contributed by atoms with Crippen molar-refractivity contribution in [3.63, 3.8) is 0 Å². The molecule has 88 valence electrons. The number of benzene rings is 1. The minimum absolute atomic E-state index is 0.0357. The third kappa shape index (κ3) is 3.66. The molecule has 2 N–H and O–H groups in total. The topological polar surface area (TPSA) is 41.1 Å². The first-order chi connectivity index (χ1) is 7.79. The molecule has 0 aromatic heterocycles. The Morgan fingerprint density at radius 1 is 1.25 bits per heavy atom. The highest BCUT2D eigenvalue weighted by Gasteiger charge is 2.08. The van der Waals surface area contributed by atoms with Gasteiger partial charge in [0.25, 0.3) is 5.91 Å². The fraction of sp³-hybridized carbons (Fsp3) is 0.462. The lowest BCUT2D eigenvalue weighted by Crippen LogP contribution is -2.25. The van der Waals surface area contributed by atoms with Crippen LogP contribution in [0.2, 0.25) is 0 Å². The number of likely N-dealkylation sites (N-methyl/N-ethyl adjacent to an activating group) is 1. The molecule has 0 saturated carbocycles. The van der Waals surface area contributed by atoms with Crippen molar-refractivity contribution >= 4 is 5.91 Å². The Kier molecular flexibility index (Phi) is 5.57. The van der Waals surface area contributed by atoms with Crippen LogP contribution >= 0.6 is 0 Å². The van der Waals surface area contributed by atoms with Crippen LogP contribution < -0.4 is 10.6 Å². The number of hydrogen-bond acceptors (Lipinski definition) is 2. The van der Waals surface area contributed by atoms with E-state index in [-0.39, 0.29) is 5.91 Å². The molecule has 0 heterocycles. The normalized spacial score (nSPS) is 10.1. The van der Waals surface area contributed by atoms with Gasteiger partial charge in [-0.2, -0.15) is 0 Å². The molecular weight excluding hydrogens is 200 g/mol. The van der Waals surface area contributed by atoms with Gasteiger partial charge in [-0.25, -0.2) is 0 Å². The van der Waals surface area contributed by atoms with Gasteiger partial charge in [-0.3, -0.25) is 4.79 Å². The Balaban J connectivity index is 2.73. The summed E-state index contributed by atoms with van der Waals surface area (Å²) in [5, 5.41) is 6.00. The summed E-state index contributed by atoms with van der Waals surface area (Å²) in [5.41, 5.74) is 1.90. The van der Waals surface area contributed by atoms with Crippen LogP contribution in [0.5, 0.6) is 0 Å². The smallest absolute Gasteiger partial charge is 0.251 e. The van der Waals surface area contributed by atoms with Crippen LogP contribution in [0.25, 0.3) is 0 Å². The van der Waals surface area contributed by atoms with Crippen LogP contribution in [-0.4, -0.2) is 26.0 Å². The lowest BCUT2D eigenvalue weighted by atomic mass is 10.0. The van der Waals surface area contributed by atoms with Crippen molar-refractivity contribution in [3.05, 3.63) is 35.4 Å². The highest BCUT2D eigenvalue weighted by molar-refractivity contribution is 5.95. The molecule has 0 fully saturated rings. The fourth-order valence-corrected chi connectivity index (χ4v) is 1.55. The van der Waals surface area contributed by atoms with Gasteiger partial charge in [-0.05, 0) is 38.1 Å². The lowest BCUT2D eigenvalue weighted by Gasteiger charge is -2.09. The number of rotatable bonds is 6. The van der Waals surface area contributed by atoms with Gasteiger partial charge in [-0.1, -0.05) is 25.1 Å². The van der Waals surface area contributed by atoms with E-state index in [4.69, 9.17) is 0 Å². The molecular formula is C13H20N2O. The summed E-state index contributed by atoms with van der Waals surface area (Å²) in [5.74, 6) is 0.0357. The number of carbonyl (C=O) groups is 1. The fourth-order valence-electron chi connectivity index (χ4n) is 1.55. The Morgan fingerprint density at radius 2 is 2.00 bits per heavy atom. The van der Waals surface area contributed by atoms with Gasteiger partial charge < -0.3 is 10.6 Å². The van der Waals surface area contributed by atoms with Gasteiger partial charge in [0.15, 0.2) is 0 Å². The molecule has 1 aromatic carbocycles. The molecule has 16 heavy (non-hydrogen) atoms. The van der Waals surface area contributed by atoms with Gasteiger partial charge in [0.1, 0.15) is 0 Å². The zero-order valence-electron chi connectivity index (χ0n) is 10.0.